The molecule has 2 bridgehead atoms. The number of aromatic amines is 1. The van der Waals surface area contributed by atoms with Gasteiger partial charge in [-0.1, -0.05) is 18.5 Å². The number of halogens is 3. The molecule has 3 nitrogen and oxygen atoms in total. The van der Waals surface area contributed by atoms with Gasteiger partial charge in [-0.3, -0.25) is 4.98 Å². The van der Waals surface area contributed by atoms with Gasteiger partial charge in [0.15, 0.2) is 0 Å². The topological polar surface area (TPSA) is 41.6 Å². The number of H-pyrrole nitrogens is 1. The Morgan fingerprint density at radius 3 is 2.75 bits per heavy atom. The number of rotatable bonds is 4. The number of hydrogen-bond acceptors (Lipinski definition) is 2. The average molecular weight is 452 g/mol. The maximum absolute atomic E-state index is 13.9. The lowest BCUT2D eigenvalue weighted by Gasteiger charge is -2.30. The largest absolute Gasteiger partial charge is 0.342 e. The molecule has 0 spiro atoms. The van der Waals surface area contributed by atoms with Crippen molar-refractivity contribution in [2.75, 3.05) is 0 Å². The van der Waals surface area contributed by atoms with Crippen LogP contribution in [-0.2, 0) is 0 Å². The monoisotopic (exact) mass is 451 g/mol. The van der Waals surface area contributed by atoms with Crippen LogP contribution >= 0.6 is 11.6 Å². The summed E-state index contributed by atoms with van der Waals surface area (Å²) < 4.78 is 27.7. The Labute approximate surface area is 190 Å². The third kappa shape index (κ3) is 3.29. The zero-order valence-electron chi connectivity index (χ0n) is 17.8. The van der Waals surface area contributed by atoms with Gasteiger partial charge in [-0.15, -0.1) is 0 Å². The summed E-state index contributed by atoms with van der Waals surface area (Å²) in [4.78, 5) is 12.4. The third-order valence-electron chi connectivity index (χ3n) is 7.81. The molecule has 2 fully saturated rings. The number of imidazole rings is 1. The van der Waals surface area contributed by atoms with E-state index in [1.54, 1.807) is 18.2 Å². The maximum Gasteiger partial charge on any atom is 0.144 e. The molecule has 2 aliphatic rings. The first kappa shape index (κ1) is 20.1. The predicted molar refractivity (Wildman–Crippen MR) is 123 cm³/mol. The van der Waals surface area contributed by atoms with Crippen LogP contribution in [0.15, 0.2) is 42.6 Å². The molecule has 2 heterocycles. The Hall–Kier alpha value is -2.53. The van der Waals surface area contributed by atoms with Gasteiger partial charge in [0.2, 0.25) is 0 Å². The van der Waals surface area contributed by atoms with Gasteiger partial charge in [-0.25, -0.2) is 13.8 Å². The van der Waals surface area contributed by atoms with Crippen LogP contribution < -0.4 is 0 Å². The van der Waals surface area contributed by atoms with E-state index in [1.165, 1.54) is 30.5 Å². The van der Waals surface area contributed by atoms with Crippen LogP contribution in [0.2, 0.25) is 5.02 Å². The summed E-state index contributed by atoms with van der Waals surface area (Å²) in [6.07, 6.45) is 6.51. The Morgan fingerprint density at radius 2 is 1.94 bits per heavy atom. The molecule has 4 unspecified atom stereocenters. The SMILES string of the molecule is C[C@H](CC1CC2CC1CC2c1ccnc2ccc(F)cc12)c1nc2cc(F)c(Cl)cc2[nH]1. The molecule has 4 aromatic rings. The number of nitrogens with zero attached hydrogens (tertiary/aromatic N) is 2. The molecule has 0 aliphatic heterocycles. The van der Waals surface area contributed by atoms with E-state index in [4.69, 9.17) is 11.6 Å². The molecule has 2 aromatic carbocycles. The summed E-state index contributed by atoms with van der Waals surface area (Å²) in [7, 11) is 0. The van der Waals surface area contributed by atoms with E-state index in [9.17, 15) is 8.78 Å². The van der Waals surface area contributed by atoms with Crippen LogP contribution in [0.25, 0.3) is 21.9 Å². The Bertz CT molecular complexity index is 1290. The number of fused-ring (bicyclic) bond motifs is 4. The minimum atomic E-state index is -0.437. The van der Waals surface area contributed by atoms with Gasteiger partial charge >= 0.3 is 0 Å². The summed E-state index contributed by atoms with van der Waals surface area (Å²) >= 11 is 5.92. The maximum atomic E-state index is 13.9. The van der Waals surface area contributed by atoms with Crippen LogP contribution in [0.3, 0.4) is 0 Å². The lowest BCUT2D eigenvalue weighted by molar-refractivity contribution is 0.276. The van der Waals surface area contributed by atoms with Crippen LogP contribution in [0.1, 0.15) is 55.8 Å². The summed E-state index contributed by atoms with van der Waals surface area (Å²) in [6, 6.07) is 9.99. The standard InChI is InChI=1S/C26H24ClF2N3/c1-13(26-31-24-11-21(27)22(29)12-25(24)32-26)6-14-7-16-8-15(14)9-19(16)18-4-5-30-23-3-2-17(28)10-20(18)23/h2-5,10-16,19H,6-9H2,1H3,(H,31,32)/t13-,14?,15?,16?,19?/m1/s1. The van der Waals surface area contributed by atoms with Gasteiger partial charge < -0.3 is 4.98 Å². The fourth-order valence-electron chi connectivity index (χ4n) is 6.35. The first-order chi connectivity index (χ1) is 15.5. The highest BCUT2D eigenvalue weighted by Crippen LogP contribution is 2.58. The normalized spacial score (nSPS) is 25.8. The van der Waals surface area contributed by atoms with E-state index in [0.29, 0.717) is 29.2 Å². The second-order valence-electron chi connectivity index (χ2n) is 9.70. The first-order valence-corrected chi connectivity index (χ1v) is 11.7. The number of nitrogens with one attached hydrogen (secondary N) is 1. The fourth-order valence-corrected chi connectivity index (χ4v) is 6.51. The van der Waals surface area contributed by atoms with E-state index in [-0.39, 0.29) is 16.8 Å². The zero-order valence-corrected chi connectivity index (χ0v) is 18.5. The van der Waals surface area contributed by atoms with Crippen molar-refractivity contribution in [3.8, 4) is 0 Å². The van der Waals surface area contributed by atoms with E-state index in [2.05, 4.69) is 27.9 Å². The smallest absolute Gasteiger partial charge is 0.144 e. The molecule has 0 radical (unpaired) electrons. The quantitative estimate of drug-likeness (QED) is 0.352. The highest BCUT2D eigenvalue weighted by atomic mass is 35.5. The first-order valence-electron chi connectivity index (χ1n) is 11.3. The van der Waals surface area contributed by atoms with Gasteiger partial charge in [-0.05, 0) is 85.3 Å². The van der Waals surface area contributed by atoms with Crippen molar-refractivity contribution in [2.24, 2.45) is 17.8 Å². The average Bonchev–Trinajstić information content (AvgIpc) is 3.47. The van der Waals surface area contributed by atoms with Crippen LogP contribution in [0.4, 0.5) is 8.78 Å². The number of aromatic nitrogens is 3. The van der Waals surface area contributed by atoms with Gasteiger partial charge in [0, 0.05) is 23.6 Å². The molecule has 6 rings (SSSR count). The number of hydrogen-bond donors (Lipinski definition) is 1. The van der Waals surface area contributed by atoms with E-state index >= 15 is 0 Å². The molecule has 2 aromatic heterocycles. The summed E-state index contributed by atoms with van der Waals surface area (Å²) in [5.41, 5.74) is 3.53. The second-order valence-corrected chi connectivity index (χ2v) is 10.1. The van der Waals surface area contributed by atoms with Crippen molar-refractivity contribution >= 4 is 33.5 Å². The predicted octanol–water partition coefficient (Wildman–Crippen LogP) is 7.37. The minimum Gasteiger partial charge on any atom is -0.342 e. The molecule has 0 saturated heterocycles. The molecule has 32 heavy (non-hydrogen) atoms. The Kier molecular flexibility index (Phi) is 4.72. The zero-order chi connectivity index (χ0) is 22.0. The summed E-state index contributed by atoms with van der Waals surface area (Å²) in [5.74, 6) is 2.98. The minimum absolute atomic E-state index is 0.114. The van der Waals surface area contributed by atoms with Crippen molar-refractivity contribution in [3.05, 3.63) is 70.6 Å². The van der Waals surface area contributed by atoms with Gasteiger partial charge in [-0.2, -0.15) is 0 Å². The molecule has 164 valence electrons. The van der Waals surface area contributed by atoms with Gasteiger partial charge in [0.05, 0.1) is 21.6 Å². The molecule has 2 aliphatic carbocycles. The highest BCUT2D eigenvalue weighted by molar-refractivity contribution is 6.31. The lowest BCUT2D eigenvalue weighted by Crippen LogP contribution is -2.19. The van der Waals surface area contributed by atoms with Gasteiger partial charge in [0.25, 0.3) is 0 Å². The lowest BCUT2D eigenvalue weighted by atomic mass is 9.75. The van der Waals surface area contributed by atoms with Crippen molar-refractivity contribution in [3.63, 3.8) is 0 Å². The van der Waals surface area contributed by atoms with Gasteiger partial charge in [0.1, 0.15) is 17.5 Å². The van der Waals surface area contributed by atoms with Crippen molar-refractivity contribution in [1.82, 2.24) is 15.0 Å². The highest BCUT2D eigenvalue weighted by Gasteiger charge is 2.46. The fraction of sp³-hybridized carbons (Fsp3) is 0.385. The van der Waals surface area contributed by atoms with Crippen LogP contribution in [0, 0.1) is 29.4 Å². The summed E-state index contributed by atoms with van der Waals surface area (Å²) in [5, 5.41) is 1.08. The summed E-state index contributed by atoms with van der Waals surface area (Å²) in [6.45, 7) is 2.19. The molecular weight excluding hydrogens is 428 g/mol. The Morgan fingerprint density at radius 1 is 1.06 bits per heavy atom. The Balaban J connectivity index is 1.19. The molecular formula is C26H24ClF2N3. The van der Waals surface area contributed by atoms with Crippen molar-refractivity contribution in [1.29, 1.82) is 0 Å². The van der Waals surface area contributed by atoms with Crippen molar-refractivity contribution < 1.29 is 8.78 Å². The van der Waals surface area contributed by atoms with Crippen molar-refractivity contribution in [2.45, 2.75) is 44.4 Å². The third-order valence-corrected chi connectivity index (χ3v) is 8.10. The number of pyridine rings is 1. The number of benzene rings is 2. The van der Waals surface area contributed by atoms with E-state index < -0.39 is 5.82 Å². The van der Waals surface area contributed by atoms with Crippen LogP contribution in [-0.4, -0.2) is 15.0 Å². The molecule has 6 heteroatoms. The van der Waals surface area contributed by atoms with E-state index in [1.807, 2.05) is 6.20 Å². The van der Waals surface area contributed by atoms with Crippen LogP contribution in [0.5, 0.6) is 0 Å². The molecule has 0 amide bonds. The molecule has 1 N–H and O–H groups in total. The molecule has 5 atom stereocenters. The second kappa shape index (κ2) is 7.51. The molecule has 2 saturated carbocycles. The van der Waals surface area contributed by atoms with E-state index in [0.717, 1.165) is 35.1 Å².